The molecule has 0 fully saturated rings. The zero-order valence-corrected chi connectivity index (χ0v) is 14.7. The normalized spacial score (nSPS) is 10.6. The molecule has 0 amide bonds. The summed E-state index contributed by atoms with van der Waals surface area (Å²) in [6.45, 7) is 1.98. The zero-order valence-electron chi connectivity index (χ0n) is 14.7. The molecule has 0 aromatic carbocycles. The van der Waals surface area contributed by atoms with Gasteiger partial charge in [-0.2, -0.15) is 43.9 Å². The number of rotatable bonds is 7. The molecule has 0 atom stereocenters. The first-order valence-electron chi connectivity index (χ1n) is 6.41. The molecule has 0 aliphatic carbocycles. The molecule has 0 bridgehead atoms. The minimum atomic E-state index is -5.21. The van der Waals surface area contributed by atoms with Gasteiger partial charge in [0.15, 0.2) is 25.3 Å². The molecule has 0 unspecified atom stereocenters. The van der Waals surface area contributed by atoms with Crippen LogP contribution in [0.15, 0.2) is 25.2 Å². The van der Waals surface area contributed by atoms with Gasteiger partial charge in [-0.1, -0.05) is 0 Å². The van der Waals surface area contributed by atoms with E-state index in [4.69, 9.17) is 10.8 Å². The third-order valence-electron chi connectivity index (χ3n) is 1.25. The Hall–Kier alpha value is -2.42. The SMILES string of the molecule is C=C(F)OC(F)(F)C(F)(F)CF.C=C(F)OC(F)(F)CF.CC(=N)F.CC(=N)F. The second-order valence-corrected chi connectivity index (χ2v) is 4.11. The molecule has 0 rings (SSSR count). The van der Waals surface area contributed by atoms with Gasteiger partial charge in [-0.05, 0) is 13.2 Å². The van der Waals surface area contributed by atoms with E-state index in [1.54, 1.807) is 0 Å². The molecule has 0 aliphatic rings. The maximum atomic E-state index is 11.9. The summed E-state index contributed by atoms with van der Waals surface area (Å²) in [6.07, 6.45) is -9.29. The predicted molar refractivity (Wildman–Crippen MR) is 78.5 cm³/mol. The molecule has 2 N–H and O–H groups in total. The summed E-state index contributed by atoms with van der Waals surface area (Å²) >= 11 is 0. The summed E-state index contributed by atoms with van der Waals surface area (Å²) in [5.74, 6) is -6.72. The molecule has 0 saturated heterocycles. The summed E-state index contributed by atoms with van der Waals surface area (Å²) in [5.41, 5.74) is 0. The van der Waals surface area contributed by atoms with Crippen LogP contribution in [-0.2, 0) is 9.47 Å². The Morgan fingerprint density at radius 3 is 1.14 bits per heavy atom. The summed E-state index contributed by atoms with van der Waals surface area (Å²) < 4.78 is 143. The van der Waals surface area contributed by atoms with Crippen molar-refractivity contribution in [2.45, 2.75) is 32.0 Å². The van der Waals surface area contributed by atoms with E-state index in [2.05, 4.69) is 22.6 Å². The number of halogens is 12. The number of ether oxygens (including phenoxy) is 2. The number of nitrogens with one attached hydrogen (secondary N) is 2. The predicted octanol–water partition coefficient (Wildman–Crippen LogP) is 6.55. The lowest BCUT2D eigenvalue weighted by molar-refractivity contribution is -0.341. The first kappa shape index (κ1) is 34.1. The van der Waals surface area contributed by atoms with Gasteiger partial charge in [-0.15, -0.1) is 0 Å². The monoisotopic (exact) mass is 460 g/mol. The molecule has 0 saturated carbocycles. The Kier molecular flexibility index (Phi) is 18.2. The summed E-state index contributed by atoms with van der Waals surface area (Å²) in [7, 11) is 0. The van der Waals surface area contributed by atoms with Gasteiger partial charge >= 0.3 is 18.1 Å². The van der Waals surface area contributed by atoms with Gasteiger partial charge in [0.2, 0.25) is 0 Å². The molecule has 0 aliphatic heterocycles. The minimum Gasteiger partial charge on any atom is -0.405 e. The Balaban J connectivity index is -0.000000161. The number of alkyl halides is 8. The van der Waals surface area contributed by atoms with Crippen molar-refractivity contribution in [3.63, 3.8) is 0 Å². The number of hydrogen-bond acceptors (Lipinski definition) is 4. The zero-order chi connectivity index (χ0) is 24.6. The van der Waals surface area contributed by atoms with E-state index in [-0.39, 0.29) is 0 Å². The smallest absolute Gasteiger partial charge is 0.405 e. The van der Waals surface area contributed by atoms with Crippen molar-refractivity contribution in [1.29, 1.82) is 10.8 Å². The van der Waals surface area contributed by atoms with Crippen LogP contribution in [0.2, 0.25) is 0 Å². The molecule has 0 aromatic heterocycles. The highest BCUT2D eigenvalue weighted by Gasteiger charge is 2.60. The van der Waals surface area contributed by atoms with Crippen molar-refractivity contribution in [2.24, 2.45) is 0 Å². The second-order valence-electron chi connectivity index (χ2n) is 4.11. The first-order chi connectivity index (χ1) is 12.7. The van der Waals surface area contributed by atoms with Crippen LogP contribution in [0, 0.1) is 10.8 Å². The molecule has 0 spiro atoms. The first-order valence-corrected chi connectivity index (χ1v) is 6.41. The largest absolute Gasteiger partial charge is 0.468 e. The molecule has 0 radical (unpaired) electrons. The van der Waals surface area contributed by atoms with Crippen LogP contribution in [0.25, 0.3) is 0 Å². The van der Waals surface area contributed by atoms with Gasteiger partial charge in [-0.3, -0.25) is 10.8 Å². The van der Waals surface area contributed by atoms with Crippen molar-refractivity contribution in [3.8, 4) is 0 Å². The van der Waals surface area contributed by atoms with E-state index in [0.717, 1.165) is 13.8 Å². The summed E-state index contributed by atoms with van der Waals surface area (Å²) in [4.78, 5) is 0. The summed E-state index contributed by atoms with van der Waals surface area (Å²) in [6, 6.07) is -3.80. The average Bonchev–Trinajstić information content (AvgIpc) is 2.44. The molecule has 29 heavy (non-hydrogen) atoms. The van der Waals surface area contributed by atoms with Gasteiger partial charge in [0.25, 0.3) is 12.0 Å². The van der Waals surface area contributed by atoms with E-state index in [1.165, 1.54) is 0 Å². The van der Waals surface area contributed by atoms with E-state index in [0.29, 0.717) is 0 Å². The molecule has 174 valence electrons. The van der Waals surface area contributed by atoms with Crippen LogP contribution in [-0.4, -0.2) is 43.4 Å². The molecule has 16 heteroatoms. The van der Waals surface area contributed by atoms with Gasteiger partial charge in [0.05, 0.1) is 0 Å². The maximum absolute atomic E-state index is 11.9. The molecular weight excluding hydrogens is 444 g/mol. The van der Waals surface area contributed by atoms with Gasteiger partial charge < -0.3 is 9.47 Å². The van der Waals surface area contributed by atoms with Crippen molar-refractivity contribution < 1.29 is 62.2 Å². The van der Waals surface area contributed by atoms with Crippen LogP contribution in [0.4, 0.5) is 52.7 Å². The molecular formula is C13H16F12N2O2. The van der Waals surface area contributed by atoms with Crippen molar-refractivity contribution in [2.75, 3.05) is 13.3 Å². The van der Waals surface area contributed by atoms with Crippen LogP contribution in [0.5, 0.6) is 0 Å². The third kappa shape index (κ3) is 27.9. The van der Waals surface area contributed by atoms with Crippen molar-refractivity contribution in [3.05, 3.63) is 25.2 Å². The lowest BCUT2D eigenvalue weighted by Gasteiger charge is -2.22. The Morgan fingerprint density at radius 1 is 0.724 bits per heavy atom. The molecule has 4 nitrogen and oxygen atoms in total. The van der Waals surface area contributed by atoms with Crippen LogP contribution < -0.4 is 0 Å². The van der Waals surface area contributed by atoms with Crippen LogP contribution >= 0.6 is 0 Å². The maximum Gasteiger partial charge on any atom is 0.468 e. The Bertz CT molecular complexity index is 506. The fourth-order valence-electron chi connectivity index (χ4n) is 0.481. The highest BCUT2D eigenvalue weighted by molar-refractivity contribution is 5.67. The van der Waals surface area contributed by atoms with Crippen LogP contribution in [0.1, 0.15) is 13.8 Å². The minimum absolute atomic E-state index is 0.833. The fraction of sp³-hybridized carbons (Fsp3) is 0.538. The standard InChI is InChI=1S/C5H4F6O.C4H4F4O.2C2H4FN/c1-3(7)12-5(10,11)4(8,9)2-6;1-3(6)9-4(7,8)2-5;2*1-2(3)4/h1-2H2;1-2H2;2*4H,1H3. The van der Waals surface area contributed by atoms with Gasteiger partial charge in [0.1, 0.15) is 0 Å². The van der Waals surface area contributed by atoms with Crippen molar-refractivity contribution in [1.82, 2.24) is 0 Å². The molecule has 0 aromatic rings. The van der Waals surface area contributed by atoms with Crippen molar-refractivity contribution >= 4 is 11.9 Å². The van der Waals surface area contributed by atoms with E-state index in [1.807, 2.05) is 0 Å². The Labute approximate surface area is 156 Å². The van der Waals surface area contributed by atoms with Gasteiger partial charge in [0, 0.05) is 13.8 Å². The lowest BCUT2D eigenvalue weighted by atomic mass is 10.3. The summed E-state index contributed by atoms with van der Waals surface area (Å²) in [5, 5.41) is 11.7. The third-order valence-corrected chi connectivity index (χ3v) is 1.25. The van der Waals surface area contributed by atoms with E-state index < -0.39 is 55.4 Å². The topological polar surface area (TPSA) is 66.2 Å². The Morgan fingerprint density at radius 2 is 1.00 bits per heavy atom. The lowest BCUT2D eigenvalue weighted by Crippen LogP contribution is -2.44. The highest BCUT2D eigenvalue weighted by Crippen LogP contribution is 2.37. The average molecular weight is 460 g/mol. The van der Waals surface area contributed by atoms with E-state index >= 15 is 0 Å². The van der Waals surface area contributed by atoms with E-state index in [9.17, 15) is 52.7 Å². The second kappa shape index (κ2) is 15.5. The number of hydrogen-bond donors (Lipinski definition) is 2. The fourth-order valence-corrected chi connectivity index (χ4v) is 0.481. The molecule has 0 heterocycles. The van der Waals surface area contributed by atoms with Gasteiger partial charge in [-0.25, -0.2) is 8.78 Å². The van der Waals surface area contributed by atoms with Crippen LogP contribution in [0.3, 0.4) is 0 Å². The quantitative estimate of drug-likeness (QED) is 0.257. The highest BCUT2D eigenvalue weighted by atomic mass is 19.3.